The summed E-state index contributed by atoms with van der Waals surface area (Å²) in [6.45, 7) is 1.75. The van der Waals surface area contributed by atoms with Crippen molar-refractivity contribution in [2.75, 3.05) is 16.8 Å². The van der Waals surface area contributed by atoms with E-state index < -0.39 is 21.6 Å². The van der Waals surface area contributed by atoms with Gasteiger partial charge in [-0.2, -0.15) is 5.10 Å². The number of sulfone groups is 1. The molecule has 0 aliphatic carbocycles. The lowest BCUT2D eigenvalue weighted by Gasteiger charge is -2.12. The molecule has 0 spiro atoms. The number of aryl methyl sites for hydroxylation is 1. The van der Waals surface area contributed by atoms with Crippen LogP contribution in [0.4, 0.5) is 10.1 Å². The van der Waals surface area contributed by atoms with Crippen molar-refractivity contribution in [2.45, 2.75) is 19.4 Å². The zero-order valence-corrected chi connectivity index (χ0v) is 17.9. The van der Waals surface area contributed by atoms with Gasteiger partial charge in [0.2, 0.25) is 0 Å². The van der Waals surface area contributed by atoms with E-state index in [1.54, 1.807) is 35.9 Å². The fourth-order valence-corrected chi connectivity index (χ4v) is 5.72. The van der Waals surface area contributed by atoms with Gasteiger partial charge in [-0.25, -0.2) is 22.5 Å². The number of halogens is 1. The molecular weight excluding hydrogens is 435 g/mol. The molecule has 1 amide bonds. The number of carbonyl (C=O) groups excluding carboxylic acids is 1. The Balaban J connectivity index is 1.67. The maximum atomic E-state index is 13.6. The zero-order valence-electron chi connectivity index (χ0n) is 17.1. The quantitative estimate of drug-likeness (QED) is 0.503. The van der Waals surface area contributed by atoms with Gasteiger partial charge >= 0.3 is 0 Å². The molecule has 4 aromatic rings. The summed E-state index contributed by atoms with van der Waals surface area (Å²) in [5.74, 6) is -0.414. The van der Waals surface area contributed by atoms with Crippen LogP contribution in [0.15, 0.2) is 53.1 Å². The van der Waals surface area contributed by atoms with E-state index in [4.69, 9.17) is 4.42 Å². The number of carbonyl (C=O) groups is 1. The molecule has 10 heteroatoms. The van der Waals surface area contributed by atoms with Crippen LogP contribution in [0.2, 0.25) is 0 Å². The summed E-state index contributed by atoms with van der Waals surface area (Å²) in [6.07, 6.45) is 1.93. The first-order valence-corrected chi connectivity index (χ1v) is 11.8. The van der Waals surface area contributed by atoms with Crippen LogP contribution in [0.3, 0.4) is 0 Å². The highest BCUT2D eigenvalue weighted by atomic mass is 32.2. The summed E-state index contributed by atoms with van der Waals surface area (Å²) in [5.41, 5.74) is 1.96. The van der Waals surface area contributed by atoms with Crippen molar-refractivity contribution in [1.82, 2.24) is 14.8 Å². The number of hydrogen-bond acceptors (Lipinski definition) is 6. The normalized spacial score (nSPS) is 17.6. The maximum absolute atomic E-state index is 13.6. The maximum Gasteiger partial charge on any atom is 0.256 e. The van der Waals surface area contributed by atoms with Crippen molar-refractivity contribution < 1.29 is 22.0 Å². The number of anilines is 1. The summed E-state index contributed by atoms with van der Waals surface area (Å²) >= 11 is 0. The van der Waals surface area contributed by atoms with E-state index in [1.807, 2.05) is 0 Å². The first kappa shape index (κ1) is 20.4. The summed E-state index contributed by atoms with van der Waals surface area (Å²) in [6, 6.07) is 10.3. The summed E-state index contributed by atoms with van der Waals surface area (Å²) < 4.78 is 44.8. The Bertz CT molecular complexity index is 1440. The lowest BCUT2D eigenvalue weighted by molar-refractivity contribution is 0.102. The Kier molecular flexibility index (Phi) is 4.81. The van der Waals surface area contributed by atoms with Crippen LogP contribution in [-0.4, -0.2) is 40.6 Å². The Morgan fingerprint density at radius 2 is 2.09 bits per heavy atom. The number of furan rings is 1. The molecule has 1 fully saturated rings. The number of hydrogen-bond donors (Lipinski definition) is 1. The summed E-state index contributed by atoms with van der Waals surface area (Å²) in [7, 11) is -3.15. The molecule has 4 heterocycles. The van der Waals surface area contributed by atoms with E-state index in [1.165, 1.54) is 24.5 Å². The monoisotopic (exact) mass is 454 g/mol. The predicted octanol–water partition coefficient (Wildman–Crippen LogP) is 3.75. The fraction of sp³-hybridized carbons (Fsp3) is 0.227. The molecular formula is C22H19FN4O4S. The average Bonchev–Trinajstić information content (AvgIpc) is 3.47. The number of nitrogens with one attached hydrogen (secondary N) is 1. The van der Waals surface area contributed by atoms with Crippen LogP contribution in [0.25, 0.3) is 22.5 Å². The number of amides is 1. The Labute approximate surface area is 183 Å². The van der Waals surface area contributed by atoms with Gasteiger partial charge in [0.1, 0.15) is 11.5 Å². The topological polar surface area (TPSA) is 107 Å². The minimum atomic E-state index is -3.15. The molecule has 1 saturated heterocycles. The molecule has 3 aromatic heterocycles. The number of nitrogens with zero attached hydrogens (tertiary/aromatic N) is 3. The van der Waals surface area contributed by atoms with Crippen LogP contribution < -0.4 is 5.32 Å². The third kappa shape index (κ3) is 3.66. The summed E-state index contributed by atoms with van der Waals surface area (Å²) in [4.78, 5) is 17.9. The van der Waals surface area contributed by atoms with Crippen LogP contribution in [-0.2, 0) is 9.84 Å². The van der Waals surface area contributed by atoms with Crippen molar-refractivity contribution in [3.05, 3.63) is 65.8 Å². The molecule has 1 atom stereocenters. The molecule has 0 radical (unpaired) electrons. The lowest BCUT2D eigenvalue weighted by Crippen LogP contribution is -2.15. The van der Waals surface area contributed by atoms with Crippen molar-refractivity contribution >= 4 is 32.5 Å². The smallest absolute Gasteiger partial charge is 0.256 e. The Morgan fingerprint density at radius 1 is 1.25 bits per heavy atom. The average molecular weight is 454 g/mol. The van der Waals surface area contributed by atoms with Crippen LogP contribution in [0.5, 0.6) is 0 Å². The highest BCUT2D eigenvalue weighted by Crippen LogP contribution is 2.32. The molecule has 1 aliphatic rings. The van der Waals surface area contributed by atoms with Gasteiger partial charge in [0, 0.05) is 5.69 Å². The van der Waals surface area contributed by atoms with Gasteiger partial charge in [0.15, 0.2) is 21.2 Å². The van der Waals surface area contributed by atoms with Crippen LogP contribution in [0.1, 0.15) is 28.5 Å². The Hall–Kier alpha value is -3.53. The lowest BCUT2D eigenvalue weighted by atomic mass is 10.1. The number of aromatic nitrogens is 3. The second-order valence-corrected chi connectivity index (χ2v) is 10.0. The van der Waals surface area contributed by atoms with Crippen LogP contribution in [0, 0.1) is 12.7 Å². The van der Waals surface area contributed by atoms with Gasteiger partial charge in [-0.05, 0) is 49.7 Å². The molecule has 5 rings (SSSR count). The van der Waals surface area contributed by atoms with E-state index in [-0.39, 0.29) is 23.1 Å². The molecule has 8 nitrogen and oxygen atoms in total. The van der Waals surface area contributed by atoms with Gasteiger partial charge in [-0.15, -0.1) is 0 Å². The molecule has 1 aliphatic heterocycles. The SMILES string of the molecule is Cc1nn(C2CCS(=O)(=O)C2)c2nc(-c3ccco3)cc(C(=O)Nc3cccc(F)c3)c12. The third-order valence-corrected chi connectivity index (χ3v) is 7.24. The largest absolute Gasteiger partial charge is 0.463 e. The molecule has 1 unspecified atom stereocenters. The highest BCUT2D eigenvalue weighted by molar-refractivity contribution is 7.91. The number of fused-ring (bicyclic) bond motifs is 1. The standard InChI is InChI=1S/C22H19FN4O4S/c1-13-20-17(22(28)24-15-5-2-4-14(23)10-15)11-18(19-6-3-8-31-19)25-21(20)27(26-13)16-7-9-32(29,30)12-16/h2-6,8,10-11,16H,7,9,12H2,1H3,(H,24,28). The van der Waals surface area contributed by atoms with Crippen molar-refractivity contribution in [3.63, 3.8) is 0 Å². The number of rotatable bonds is 4. The Morgan fingerprint density at radius 3 is 2.78 bits per heavy atom. The fourth-order valence-electron chi connectivity index (χ4n) is 4.03. The van der Waals surface area contributed by atoms with Gasteiger partial charge in [0.05, 0.1) is 40.5 Å². The molecule has 0 bridgehead atoms. The van der Waals surface area contributed by atoms with Crippen molar-refractivity contribution in [3.8, 4) is 11.5 Å². The second-order valence-electron chi connectivity index (χ2n) is 7.78. The number of benzene rings is 1. The van der Waals surface area contributed by atoms with E-state index in [2.05, 4.69) is 15.4 Å². The van der Waals surface area contributed by atoms with Gasteiger partial charge < -0.3 is 9.73 Å². The second kappa shape index (κ2) is 7.56. The van der Waals surface area contributed by atoms with Crippen molar-refractivity contribution in [1.29, 1.82) is 0 Å². The van der Waals surface area contributed by atoms with Gasteiger partial charge in [0.25, 0.3) is 5.91 Å². The number of pyridine rings is 1. The first-order chi connectivity index (χ1) is 15.3. The third-order valence-electron chi connectivity index (χ3n) is 5.49. The first-order valence-electron chi connectivity index (χ1n) is 10.0. The van der Waals surface area contributed by atoms with E-state index in [0.29, 0.717) is 40.3 Å². The van der Waals surface area contributed by atoms with Crippen molar-refractivity contribution in [2.24, 2.45) is 0 Å². The minimum absolute atomic E-state index is 0.0271. The molecule has 1 aromatic carbocycles. The van der Waals surface area contributed by atoms with Gasteiger partial charge in [-0.1, -0.05) is 6.07 Å². The minimum Gasteiger partial charge on any atom is -0.463 e. The highest BCUT2D eigenvalue weighted by Gasteiger charge is 2.32. The zero-order chi connectivity index (χ0) is 22.5. The molecule has 32 heavy (non-hydrogen) atoms. The molecule has 0 saturated carbocycles. The van der Waals surface area contributed by atoms with E-state index in [9.17, 15) is 17.6 Å². The summed E-state index contributed by atoms with van der Waals surface area (Å²) in [5, 5.41) is 7.77. The molecule has 164 valence electrons. The van der Waals surface area contributed by atoms with Crippen LogP contribution >= 0.6 is 0 Å². The van der Waals surface area contributed by atoms with Gasteiger partial charge in [-0.3, -0.25) is 4.79 Å². The van der Waals surface area contributed by atoms with E-state index >= 15 is 0 Å². The van der Waals surface area contributed by atoms with E-state index in [0.717, 1.165) is 0 Å². The molecule has 1 N–H and O–H groups in total. The predicted molar refractivity (Wildman–Crippen MR) is 117 cm³/mol.